The van der Waals surface area contributed by atoms with Gasteiger partial charge in [-0.2, -0.15) is 5.10 Å². The van der Waals surface area contributed by atoms with Crippen LogP contribution in [0.2, 0.25) is 0 Å². The molecule has 1 saturated carbocycles. The molecule has 2 fully saturated rings. The standard InChI is InChI=1S/C25H35N5O2/c1-28-17-11-22(27-28)24(32)29-15-8-16-30(20-21-9-4-2-5-10-21)25(12-6-3-7-13-25)19-23(31)26-14-18-29/h2,4-5,9-11,17H,3,6-8,12-16,18-20H2,1H3,(H,26,31). The quantitative estimate of drug-likeness (QED) is 0.802. The summed E-state index contributed by atoms with van der Waals surface area (Å²) in [7, 11) is 1.81. The van der Waals surface area contributed by atoms with E-state index in [9.17, 15) is 9.59 Å². The fraction of sp³-hybridized carbons (Fsp3) is 0.560. The van der Waals surface area contributed by atoms with E-state index in [0.29, 0.717) is 31.7 Å². The van der Waals surface area contributed by atoms with Crippen molar-refractivity contribution in [2.45, 2.75) is 57.0 Å². The van der Waals surface area contributed by atoms with Gasteiger partial charge in [0.1, 0.15) is 5.69 Å². The Kier molecular flexibility index (Phi) is 7.25. The van der Waals surface area contributed by atoms with Crippen molar-refractivity contribution in [3.8, 4) is 0 Å². The van der Waals surface area contributed by atoms with Crippen molar-refractivity contribution in [3.63, 3.8) is 0 Å². The van der Waals surface area contributed by atoms with E-state index in [4.69, 9.17) is 0 Å². The van der Waals surface area contributed by atoms with Gasteiger partial charge in [0.05, 0.1) is 0 Å². The summed E-state index contributed by atoms with van der Waals surface area (Å²) in [5.41, 5.74) is 1.63. The van der Waals surface area contributed by atoms with Crippen molar-refractivity contribution in [1.82, 2.24) is 24.9 Å². The highest BCUT2D eigenvalue weighted by Crippen LogP contribution is 2.38. The molecule has 1 N–H and O–H groups in total. The second-order valence-corrected chi connectivity index (χ2v) is 9.24. The maximum atomic E-state index is 13.0. The highest BCUT2D eigenvalue weighted by molar-refractivity contribution is 5.92. The predicted octanol–water partition coefficient (Wildman–Crippen LogP) is 2.98. The van der Waals surface area contributed by atoms with Gasteiger partial charge in [-0.3, -0.25) is 19.2 Å². The molecule has 1 aromatic heterocycles. The number of aromatic nitrogens is 2. The molecule has 2 aromatic rings. The Labute approximate surface area is 190 Å². The third-order valence-corrected chi connectivity index (χ3v) is 6.94. The van der Waals surface area contributed by atoms with Crippen LogP contribution in [0.1, 0.15) is 61.0 Å². The molecule has 32 heavy (non-hydrogen) atoms. The summed E-state index contributed by atoms with van der Waals surface area (Å²) in [5.74, 6) is 0.0261. The molecular weight excluding hydrogens is 402 g/mol. The van der Waals surface area contributed by atoms with Crippen molar-refractivity contribution in [2.24, 2.45) is 7.05 Å². The van der Waals surface area contributed by atoms with Crippen molar-refractivity contribution >= 4 is 11.8 Å². The fourth-order valence-electron chi connectivity index (χ4n) is 5.25. The van der Waals surface area contributed by atoms with E-state index >= 15 is 0 Å². The van der Waals surface area contributed by atoms with Crippen LogP contribution in [0.4, 0.5) is 0 Å². The van der Waals surface area contributed by atoms with Gasteiger partial charge in [0, 0.05) is 57.9 Å². The van der Waals surface area contributed by atoms with Crippen molar-refractivity contribution in [1.29, 1.82) is 0 Å². The maximum Gasteiger partial charge on any atom is 0.274 e. The van der Waals surface area contributed by atoms with Gasteiger partial charge in [-0.25, -0.2) is 0 Å². The first-order chi connectivity index (χ1) is 15.6. The number of carbonyl (C=O) groups is 2. The van der Waals surface area contributed by atoms with Gasteiger partial charge < -0.3 is 10.2 Å². The molecule has 2 amide bonds. The lowest BCUT2D eigenvalue weighted by molar-refractivity contribution is -0.125. The van der Waals surface area contributed by atoms with E-state index in [1.807, 2.05) is 18.0 Å². The van der Waals surface area contributed by atoms with Gasteiger partial charge in [-0.15, -0.1) is 0 Å². The molecule has 1 aromatic carbocycles. The molecule has 0 radical (unpaired) electrons. The number of benzene rings is 1. The second kappa shape index (κ2) is 10.3. The summed E-state index contributed by atoms with van der Waals surface area (Å²) < 4.78 is 1.65. The fourth-order valence-corrected chi connectivity index (χ4v) is 5.25. The minimum atomic E-state index is -0.0989. The molecule has 7 heteroatoms. The number of hydrogen-bond donors (Lipinski definition) is 1. The molecule has 2 aliphatic rings. The van der Waals surface area contributed by atoms with Gasteiger partial charge in [0.25, 0.3) is 5.91 Å². The lowest BCUT2D eigenvalue weighted by Gasteiger charge is -2.46. The number of amides is 2. The molecule has 1 aliphatic carbocycles. The molecule has 1 spiro atoms. The number of rotatable bonds is 3. The Morgan fingerprint density at radius 2 is 1.81 bits per heavy atom. The Morgan fingerprint density at radius 1 is 1.03 bits per heavy atom. The van der Waals surface area contributed by atoms with Gasteiger partial charge in [0.15, 0.2) is 0 Å². The van der Waals surface area contributed by atoms with E-state index in [1.165, 1.54) is 24.8 Å². The first-order valence-electron chi connectivity index (χ1n) is 11.9. The molecule has 7 nitrogen and oxygen atoms in total. The minimum absolute atomic E-state index is 0.0684. The van der Waals surface area contributed by atoms with Crippen molar-refractivity contribution in [2.75, 3.05) is 26.2 Å². The molecule has 4 rings (SSSR count). The summed E-state index contributed by atoms with van der Waals surface area (Å²) >= 11 is 0. The Bertz CT molecular complexity index is 904. The van der Waals surface area contributed by atoms with Gasteiger partial charge in [-0.1, -0.05) is 49.6 Å². The number of nitrogens with zero attached hydrogens (tertiary/aromatic N) is 4. The molecule has 2 heterocycles. The Morgan fingerprint density at radius 3 is 2.53 bits per heavy atom. The van der Waals surface area contributed by atoms with Crippen molar-refractivity contribution in [3.05, 3.63) is 53.9 Å². The minimum Gasteiger partial charge on any atom is -0.354 e. The number of nitrogens with one attached hydrogen (secondary N) is 1. The molecule has 1 aliphatic heterocycles. The lowest BCUT2D eigenvalue weighted by atomic mass is 9.77. The zero-order valence-corrected chi connectivity index (χ0v) is 19.1. The van der Waals surface area contributed by atoms with Gasteiger partial charge in [0.2, 0.25) is 5.91 Å². The van der Waals surface area contributed by atoms with Crippen LogP contribution < -0.4 is 5.32 Å². The average Bonchev–Trinajstić information content (AvgIpc) is 3.23. The molecule has 0 bridgehead atoms. The summed E-state index contributed by atoms with van der Waals surface area (Å²) in [4.78, 5) is 30.4. The Balaban J connectivity index is 1.55. The molecule has 1 saturated heterocycles. The zero-order valence-electron chi connectivity index (χ0n) is 19.1. The van der Waals surface area contributed by atoms with Gasteiger partial charge in [-0.05, 0) is 30.9 Å². The van der Waals surface area contributed by atoms with E-state index in [-0.39, 0.29) is 17.4 Å². The number of carbonyl (C=O) groups excluding carboxylic acids is 2. The topological polar surface area (TPSA) is 70.5 Å². The summed E-state index contributed by atoms with van der Waals surface area (Å²) in [6, 6.07) is 12.3. The summed E-state index contributed by atoms with van der Waals surface area (Å²) in [6.45, 7) is 3.35. The third-order valence-electron chi connectivity index (χ3n) is 6.94. The van der Waals surface area contributed by atoms with Crippen LogP contribution >= 0.6 is 0 Å². The number of aryl methyl sites for hydroxylation is 1. The monoisotopic (exact) mass is 437 g/mol. The first kappa shape index (κ1) is 22.5. The average molecular weight is 438 g/mol. The van der Waals surface area contributed by atoms with Crippen LogP contribution in [-0.4, -0.2) is 63.1 Å². The van der Waals surface area contributed by atoms with E-state index in [2.05, 4.69) is 39.6 Å². The molecule has 172 valence electrons. The SMILES string of the molecule is Cn1ccc(C(=O)N2CCCN(Cc3ccccc3)C3(CCCCC3)CC(=O)NCC2)n1. The van der Waals surface area contributed by atoms with Crippen molar-refractivity contribution < 1.29 is 9.59 Å². The smallest absolute Gasteiger partial charge is 0.274 e. The van der Waals surface area contributed by atoms with E-state index in [1.54, 1.807) is 16.9 Å². The first-order valence-corrected chi connectivity index (χ1v) is 11.9. The van der Waals surface area contributed by atoms with Crippen LogP contribution in [0.25, 0.3) is 0 Å². The highest BCUT2D eigenvalue weighted by atomic mass is 16.2. The van der Waals surface area contributed by atoms with E-state index in [0.717, 1.165) is 32.4 Å². The zero-order chi connectivity index (χ0) is 22.4. The third kappa shape index (κ3) is 5.38. The largest absolute Gasteiger partial charge is 0.354 e. The second-order valence-electron chi connectivity index (χ2n) is 9.24. The van der Waals surface area contributed by atoms with Crippen LogP contribution in [0.15, 0.2) is 42.6 Å². The van der Waals surface area contributed by atoms with Crippen LogP contribution in [0.5, 0.6) is 0 Å². The lowest BCUT2D eigenvalue weighted by Crippen LogP contribution is -2.52. The summed E-state index contributed by atoms with van der Waals surface area (Å²) in [5, 5.41) is 7.37. The Hall–Kier alpha value is -2.67. The van der Waals surface area contributed by atoms with Gasteiger partial charge >= 0.3 is 0 Å². The summed E-state index contributed by atoms with van der Waals surface area (Å²) in [6.07, 6.45) is 8.90. The molecular formula is C25H35N5O2. The normalized spacial score (nSPS) is 20.5. The van der Waals surface area contributed by atoms with Crippen LogP contribution in [0.3, 0.4) is 0 Å². The number of hydrogen-bond acceptors (Lipinski definition) is 4. The predicted molar refractivity (Wildman–Crippen MR) is 124 cm³/mol. The van der Waals surface area contributed by atoms with E-state index < -0.39 is 0 Å². The van der Waals surface area contributed by atoms with Crippen LogP contribution in [-0.2, 0) is 18.4 Å². The highest BCUT2D eigenvalue weighted by Gasteiger charge is 2.40. The van der Waals surface area contributed by atoms with Crippen LogP contribution in [0, 0.1) is 0 Å². The molecule has 0 atom stereocenters. The molecule has 0 unspecified atom stereocenters. The maximum absolute atomic E-state index is 13.0.